The third-order valence-electron chi connectivity index (χ3n) is 7.24. The molecule has 0 bridgehead atoms. The Morgan fingerprint density at radius 1 is 0.944 bits per heavy atom. The first-order valence-electron chi connectivity index (χ1n) is 13.5. The Kier molecular flexibility index (Phi) is 9.07. The highest BCUT2D eigenvalue weighted by molar-refractivity contribution is 6.02. The molecule has 0 aromatic heterocycles. The molecule has 2 heterocycles. The number of amides is 4. The Balaban J connectivity index is 1.45. The van der Waals surface area contributed by atoms with Crippen LogP contribution in [0.15, 0.2) is 18.2 Å². The van der Waals surface area contributed by atoms with Crippen LogP contribution in [-0.2, 0) is 9.53 Å². The summed E-state index contributed by atoms with van der Waals surface area (Å²) in [5, 5.41) is 6.16. The van der Waals surface area contributed by atoms with E-state index in [0.717, 1.165) is 18.5 Å². The third-order valence-corrected chi connectivity index (χ3v) is 7.24. The Morgan fingerprint density at radius 2 is 1.64 bits per heavy atom. The van der Waals surface area contributed by atoms with Gasteiger partial charge in [-0.3, -0.25) is 9.59 Å². The van der Waals surface area contributed by atoms with E-state index in [4.69, 9.17) is 4.74 Å². The molecule has 9 heteroatoms. The molecule has 0 spiro atoms. The summed E-state index contributed by atoms with van der Waals surface area (Å²) in [4.78, 5) is 44.6. The summed E-state index contributed by atoms with van der Waals surface area (Å²) in [5.74, 6) is 0.149. The zero-order chi connectivity index (χ0) is 25.5. The zero-order valence-corrected chi connectivity index (χ0v) is 21.8. The fourth-order valence-electron chi connectivity index (χ4n) is 5.24. The Bertz CT molecular complexity index is 917. The van der Waals surface area contributed by atoms with Gasteiger partial charge in [-0.2, -0.15) is 0 Å². The molecular formula is C27H41N5O4. The van der Waals surface area contributed by atoms with E-state index in [1.165, 1.54) is 19.3 Å². The van der Waals surface area contributed by atoms with Crippen LogP contribution in [0.5, 0.6) is 0 Å². The van der Waals surface area contributed by atoms with Crippen LogP contribution < -0.4 is 15.5 Å². The maximum Gasteiger partial charge on any atom is 0.317 e. The molecule has 2 N–H and O–H groups in total. The van der Waals surface area contributed by atoms with Crippen LogP contribution in [0.2, 0.25) is 0 Å². The SMILES string of the molecule is CC(C)CC(=O)Nc1ccc(N2CCN(C(=O)NC3CCCCC3)CC2)c(C(=O)N2CCOCC2)c1. The predicted molar refractivity (Wildman–Crippen MR) is 140 cm³/mol. The van der Waals surface area contributed by atoms with Crippen LogP contribution in [0.4, 0.5) is 16.2 Å². The molecule has 1 aromatic carbocycles. The summed E-state index contributed by atoms with van der Waals surface area (Å²) in [7, 11) is 0. The van der Waals surface area contributed by atoms with Crippen LogP contribution in [0.25, 0.3) is 0 Å². The monoisotopic (exact) mass is 499 g/mol. The molecule has 0 radical (unpaired) electrons. The maximum absolute atomic E-state index is 13.5. The second kappa shape index (κ2) is 12.4. The lowest BCUT2D eigenvalue weighted by molar-refractivity contribution is -0.116. The van der Waals surface area contributed by atoms with E-state index in [0.29, 0.717) is 76.2 Å². The highest BCUT2D eigenvalue weighted by atomic mass is 16.5. The van der Waals surface area contributed by atoms with Gasteiger partial charge < -0.3 is 30.1 Å². The molecule has 4 amide bonds. The van der Waals surface area contributed by atoms with E-state index in [1.54, 1.807) is 6.07 Å². The summed E-state index contributed by atoms with van der Waals surface area (Å²) in [5.41, 5.74) is 2.06. The minimum absolute atomic E-state index is 0.0226. The average molecular weight is 500 g/mol. The number of carbonyl (C=O) groups excluding carboxylic acids is 3. The van der Waals surface area contributed by atoms with E-state index in [2.05, 4.69) is 15.5 Å². The van der Waals surface area contributed by atoms with Gasteiger partial charge in [0.05, 0.1) is 18.8 Å². The number of anilines is 2. The van der Waals surface area contributed by atoms with E-state index in [9.17, 15) is 14.4 Å². The average Bonchev–Trinajstić information content (AvgIpc) is 2.89. The maximum atomic E-state index is 13.5. The minimum atomic E-state index is -0.0554. The second-order valence-corrected chi connectivity index (χ2v) is 10.5. The Hall–Kier alpha value is -2.81. The van der Waals surface area contributed by atoms with E-state index in [-0.39, 0.29) is 23.8 Å². The van der Waals surface area contributed by atoms with Crippen LogP contribution in [0.1, 0.15) is 62.7 Å². The highest BCUT2D eigenvalue weighted by Crippen LogP contribution is 2.28. The van der Waals surface area contributed by atoms with Gasteiger partial charge in [-0.25, -0.2) is 4.79 Å². The van der Waals surface area contributed by atoms with Gasteiger partial charge in [-0.05, 0) is 37.0 Å². The van der Waals surface area contributed by atoms with Gasteiger partial charge in [0.25, 0.3) is 5.91 Å². The van der Waals surface area contributed by atoms with Crippen molar-refractivity contribution in [3.05, 3.63) is 23.8 Å². The second-order valence-electron chi connectivity index (χ2n) is 10.5. The van der Waals surface area contributed by atoms with Crippen molar-refractivity contribution in [1.82, 2.24) is 15.1 Å². The van der Waals surface area contributed by atoms with Crippen LogP contribution in [-0.4, -0.2) is 86.2 Å². The Morgan fingerprint density at radius 3 is 2.31 bits per heavy atom. The van der Waals surface area contributed by atoms with Gasteiger partial charge in [0, 0.05) is 63.1 Å². The number of ether oxygens (including phenoxy) is 1. The van der Waals surface area contributed by atoms with Crippen molar-refractivity contribution in [2.75, 3.05) is 62.7 Å². The topological polar surface area (TPSA) is 94.2 Å². The summed E-state index contributed by atoms with van der Waals surface area (Å²) < 4.78 is 5.43. The molecule has 198 valence electrons. The van der Waals surface area contributed by atoms with Crippen molar-refractivity contribution in [2.45, 2.75) is 58.4 Å². The van der Waals surface area contributed by atoms with Crippen molar-refractivity contribution in [2.24, 2.45) is 5.92 Å². The molecule has 1 aromatic rings. The van der Waals surface area contributed by atoms with Crippen molar-refractivity contribution in [3.8, 4) is 0 Å². The summed E-state index contributed by atoms with van der Waals surface area (Å²) >= 11 is 0. The number of piperazine rings is 1. The minimum Gasteiger partial charge on any atom is -0.378 e. The van der Waals surface area contributed by atoms with Gasteiger partial charge in [0.1, 0.15) is 0 Å². The van der Waals surface area contributed by atoms with Crippen molar-refractivity contribution in [1.29, 1.82) is 0 Å². The lowest BCUT2D eigenvalue weighted by atomic mass is 9.96. The van der Waals surface area contributed by atoms with Crippen LogP contribution >= 0.6 is 0 Å². The number of nitrogens with one attached hydrogen (secondary N) is 2. The molecule has 1 saturated carbocycles. The molecule has 9 nitrogen and oxygen atoms in total. The molecule has 2 aliphatic heterocycles. The van der Waals surface area contributed by atoms with Gasteiger partial charge in [-0.1, -0.05) is 33.1 Å². The fraction of sp³-hybridized carbons (Fsp3) is 0.667. The van der Waals surface area contributed by atoms with Crippen LogP contribution in [0.3, 0.4) is 0 Å². The number of morpholine rings is 1. The van der Waals surface area contributed by atoms with Crippen molar-refractivity contribution >= 4 is 29.2 Å². The number of nitrogens with zero attached hydrogens (tertiary/aromatic N) is 3. The van der Waals surface area contributed by atoms with Crippen LogP contribution in [0, 0.1) is 5.92 Å². The molecule has 1 aliphatic carbocycles. The normalized spacial score (nSPS) is 19.4. The molecule has 3 aliphatic rings. The number of urea groups is 1. The largest absolute Gasteiger partial charge is 0.378 e. The number of hydrogen-bond donors (Lipinski definition) is 2. The first-order valence-corrected chi connectivity index (χ1v) is 13.5. The van der Waals surface area contributed by atoms with Gasteiger partial charge >= 0.3 is 6.03 Å². The molecule has 0 unspecified atom stereocenters. The van der Waals surface area contributed by atoms with Crippen molar-refractivity contribution < 1.29 is 19.1 Å². The van der Waals surface area contributed by atoms with Gasteiger partial charge in [0.15, 0.2) is 0 Å². The first-order chi connectivity index (χ1) is 17.4. The quantitative estimate of drug-likeness (QED) is 0.626. The predicted octanol–water partition coefficient (Wildman–Crippen LogP) is 3.31. The number of rotatable bonds is 6. The molecule has 4 rings (SSSR count). The fourth-order valence-corrected chi connectivity index (χ4v) is 5.24. The number of benzene rings is 1. The van der Waals surface area contributed by atoms with Gasteiger partial charge in [-0.15, -0.1) is 0 Å². The molecular weight excluding hydrogens is 458 g/mol. The third kappa shape index (κ3) is 6.90. The standard InChI is InChI=1S/C27H41N5O4/c1-20(2)18-25(33)28-22-8-9-24(23(19-22)26(34)31-14-16-36-17-15-31)30-10-12-32(13-11-30)27(35)29-21-6-4-3-5-7-21/h8-9,19-21H,3-7,10-18H2,1-2H3,(H,28,33)(H,29,35). The summed E-state index contributed by atoms with van der Waals surface area (Å²) in [6.45, 7) is 8.69. The highest BCUT2D eigenvalue weighted by Gasteiger charge is 2.28. The lowest BCUT2D eigenvalue weighted by Gasteiger charge is -2.38. The van der Waals surface area contributed by atoms with Gasteiger partial charge in [0.2, 0.25) is 5.91 Å². The molecule has 0 atom stereocenters. The smallest absolute Gasteiger partial charge is 0.317 e. The van der Waals surface area contributed by atoms with E-state index < -0.39 is 0 Å². The first kappa shape index (κ1) is 26.3. The molecule has 3 fully saturated rings. The summed E-state index contributed by atoms with van der Waals surface area (Å²) in [6.07, 6.45) is 6.20. The zero-order valence-electron chi connectivity index (χ0n) is 21.8. The lowest BCUT2D eigenvalue weighted by Crippen LogP contribution is -2.54. The summed E-state index contributed by atoms with van der Waals surface area (Å²) in [6, 6.07) is 5.91. The van der Waals surface area contributed by atoms with E-state index >= 15 is 0 Å². The number of carbonyl (C=O) groups is 3. The molecule has 2 saturated heterocycles. The van der Waals surface area contributed by atoms with Crippen molar-refractivity contribution in [3.63, 3.8) is 0 Å². The Labute approximate surface area is 214 Å². The number of hydrogen-bond acceptors (Lipinski definition) is 5. The molecule has 36 heavy (non-hydrogen) atoms. The van der Waals surface area contributed by atoms with E-state index in [1.807, 2.05) is 35.8 Å².